The molecule has 0 spiro atoms. The summed E-state index contributed by atoms with van der Waals surface area (Å²) in [7, 11) is 1.27. The van der Waals surface area contributed by atoms with Crippen LogP contribution in [0.3, 0.4) is 0 Å². The zero-order chi connectivity index (χ0) is 21.8. The van der Waals surface area contributed by atoms with E-state index in [1.54, 1.807) is 11.8 Å². The third kappa shape index (κ3) is 2.69. The Labute approximate surface area is 179 Å². The number of hydrogen-bond acceptors (Lipinski definition) is 4. The number of rotatable bonds is 4. The summed E-state index contributed by atoms with van der Waals surface area (Å²) in [5.74, 6) is -1.01. The molecular weight excluding hydrogens is 394 g/mol. The maximum absolute atomic E-state index is 13.8. The number of benzene rings is 2. The highest BCUT2D eigenvalue weighted by atomic mass is 16.5. The molecule has 7 heteroatoms. The molecule has 0 saturated carbocycles. The maximum Gasteiger partial charge on any atom is 0.329 e. The summed E-state index contributed by atoms with van der Waals surface area (Å²) < 4.78 is 4.99. The first-order valence-corrected chi connectivity index (χ1v) is 10.3. The van der Waals surface area contributed by atoms with Crippen molar-refractivity contribution in [2.24, 2.45) is 0 Å². The largest absolute Gasteiger partial charge is 0.467 e. The van der Waals surface area contributed by atoms with Gasteiger partial charge in [0.1, 0.15) is 6.04 Å². The van der Waals surface area contributed by atoms with Gasteiger partial charge in [0, 0.05) is 23.9 Å². The molecule has 3 amide bonds. The zero-order valence-electron chi connectivity index (χ0n) is 17.4. The van der Waals surface area contributed by atoms with Crippen LogP contribution in [0.4, 0.5) is 4.79 Å². The van der Waals surface area contributed by atoms with Gasteiger partial charge in [0.05, 0.1) is 12.8 Å². The van der Waals surface area contributed by atoms with Crippen LogP contribution in [0.1, 0.15) is 23.7 Å². The van der Waals surface area contributed by atoms with Gasteiger partial charge in [0.25, 0.3) is 5.91 Å². The fourth-order valence-corrected chi connectivity index (χ4v) is 4.95. The van der Waals surface area contributed by atoms with Crippen LogP contribution in [0.15, 0.2) is 54.6 Å². The summed E-state index contributed by atoms with van der Waals surface area (Å²) in [6.45, 7) is 2.17. The quantitative estimate of drug-likeness (QED) is 0.523. The van der Waals surface area contributed by atoms with E-state index in [0.717, 1.165) is 32.6 Å². The maximum atomic E-state index is 13.8. The Balaban J connectivity index is 1.60. The molecule has 0 aliphatic carbocycles. The predicted molar refractivity (Wildman–Crippen MR) is 114 cm³/mol. The first kappa shape index (κ1) is 19.4. The molecule has 7 nitrogen and oxygen atoms in total. The number of fused-ring (bicyclic) bond motifs is 5. The Bertz CT molecular complexity index is 1200. The minimum absolute atomic E-state index is 0.203. The molecule has 2 aliphatic rings. The molecule has 2 atom stereocenters. The molecule has 1 N–H and O–H groups in total. The van der Waals surface area contributed by atoms with Gasteiger partial charge in [-0.15, -0.1) is 0 Å². The lowest BCUT2D eigenvalue weighted by Crippen LogP contribution is -2.49. The number of hydrogen-bond donors (Lipinski definition) is 1. The van der Waals surface area contributed by atoms with E-state index in [1.807, 2.05) is 54.6 Å². The molecule has 3 aromatic rings. The van der Waals surface area contributed by atoms with Gasteiger partial charge in [-0.3, -0.25) is 4.79 Å². The van der Waals surface area contributed by atoms with E-state index in [4.69, 9.17) is 4.74 Å². The number of urea groups is 1. The van der Waals surface area contributed by atoms with Crippen molar-refractivity contribution >= 4 is 28.8 Å². The van der Waals surface area contributed by atoms with Gasteiger partial charge in [-0.05, 0) is 30.5 Å². The summed E-state index contributed by atoms with van der Waals surface area (Å²) in [6, 6.07) is 15.7. The average molecular weight is 417 g/mol. The van der Waals surface area contributed by atoms with Crippen LogP contribution in [0.2, 0.25) is 0 Å². The molecule has 2 aliphatic heterocycles. The fraction of sp³-hybridized carbons (Fsp3) is 0.292. The second kappa shape index (κ2) is 6.97. The van der Waals surface area contributed by atoms with E-state index in [0.29, 0.717) is 13.0 Å². The number of aromatic amines is 1. The monoisotopic (exact) mass is 417 g/mol. The summed E-state index contributed by atoms with van der Waals surface area (Å²) in [4.78, 5) is 46.0. The van der Waals surface area contributed by atoms with Crippen LogP contribution in [0.5, 0.6) is 0 Å². The van der Waals surface area contributed by atoms with E-state index < -0.39 is 29.5 Å². The first-order valence-electron chi connectivity index (χ1n) is 10.3. The molecular formula is C24H23N3O4. The number of para-hydroxylation sites is 1. The summed E-state index contributed by atoms with van der Waals surface area (Å²) in [5.41, 5.74) is 2.37. The number of carbonyl (C=O) groups is 3. The molecule has 0 radical (unpaired) electrons. The lowest BCUT2D eigenvalue weighted by Gasteiger charge is -2.36. The highest BCUT2D eigenvalue weighted by Crippen LogP contribution is 2.44. The Morgan fingerprint density at radius 3 is 2.58 bits per heavy atom. The molecule has 1 fully saturated rings. The van der Waals surface area contributed by atoms with Crippen LogP contribution in [-0.4, -0.2) is 52.4 Å². The lowest BCUT2D eigenvalue weighted by molar-refractivity contribution is -0.150. The molecule has 31 heavy (non-hydrogen) atoms. The number of amides is 3. The van der Waals surface area contributed by atoms with E-state index >= 15 is 0 Å². The normalized spacial score (nSPS) is 21.2. The molecule has 1 aromatic heterocycles. The molecule has 158 valence electrons. The van der Waals surface area contributed by atoms with Gasteiger partial charge >= 0.3 is 12.0 Å². The van der Waals surface area contributed by atoms with Crippen molar-refractivity contribution in [3.63, 3.8) is 0 Å². The van der Waals surface area contributed by atoms with Crippen LogP contribution < -0.4 is 0 Å². The molecule has 1 saturated heterocycles. The van der Waals surface area contributed by atoms with Gasteiger partial charge in [-0.25, -0.2) is 14.5 Å². The SMILES string of the molecule is COC(=O)[C@@H](Cc1ccccc1)N1C(=O)N2CCc3c([nH]c4ccccc34)[C@@]2(C)C1=O. The van der Waals surface area contributed by atoms with E-state index in [-0.39, 0.29) is 6.42 Å². The highest BCUT2D eigenvalue weighted by Gasteiger charge is 2.60. The third-order valence-corrected chi connectivity index (χ3v) is 6.55. The third-order valence-electron chi connectivity index (χ3n) is 6.55. The van der Waals surface area contributed by atoms with Crippen molar-refractivity contribution in [1.82, 2.24) is 14.8 Å². The Morgan fingerprint density at radius 2 is 1.84 bits per heavy atom. The van der Waals surface area contributed by atoms with Gasteiger partial charge < -0.3 is 14.6 Å². The summed E-state index contributed by atoms with van der Waals surface area (Å²) in [6.07, 6.45) is 0.845. The van der Waals surface area contributed by atoms with Crippen LogP contribution >= 0.6 is 0 Å². The van der Waals surface area contributed by atoms with Crippen molar-refractivity contribution in [2.45, 2.75) is 31.3 Å². The Hall–Kier alpha value is -3.61. The van der Waals surface area contributed by atoms with Gasteiger partial charge in [-0.2, -0.15) is 0 Å². The average Bonchev–Trinajstić information content (AvgIpc) is 3.27. The highest BCUT2D eigenvalue weighted by molar-refractivity contribution is 6.10. The molecule has 0 unspecified atom stereocenters. The van der Waals surface area contributed by atoms with Gasteiger partial charge in [0.15, 0.2) is 5.54 Å². The van der Waals surface area contributed by atoms with Crippen LogP contribution in [0.25, 0.3) is 10.9 Å². The minimum atomic E-state index is -1.19. The van der Waals surface area contributed by atoms with Gasteiger partial charge in [-0.1, -0.05) is 48.5 Å². The Morgan fingerprint density at radius 1 is 1.13 bits per heavy atom. The van der Waals surface area contributed by atoms with E-state index in [2.05, 4.69) is 4.98 Å². The number of ether oxygens (including phenoxy) is 1. The number of nitrogens with zero attached hydrogens (tertiary/aromatic N) is 2. The van der Waals surface area contributed by atoms with E-state index in [9.17, 15) is 14.4 Å². The molecule has 5 rings (SSSR count). The number of methoxy groups -OCH3 is 1. The zero-order valence-corrected chi connectivity index (χ0v) is 17.4. The molecule has 0 bridgehead atoms. The number of aromatic nitrogens is 1. The number of nitrogens with one attached hydrogen (secondary N) is 1. The number of H-pyrrole nitrogens is 1. The topological polar surface area (TPSA) is 82.7 Å². The minimum Gasteiger partial charge on any atom is -0.467 e. The van der Waals surface area contributed by atoms with Crippen LogP contribution in [-0.2, 0) is 32.7 Å². The lowest BCUT2D eigenvalue weighted by atomic mass is 9.87. The fourth-order valence-electron chi connectivity index (χ4n) is 4.95. The van der Waals surface area contributed by atoms with Crippen molar-refractivity contribution < 1.29 is 19.1 Å². The smallest absolute Gasteiger partial charge is 0.329 e. The van der Waals surface area contributed by atoms with Crippen molar-refractivity contribution in [2.75, 3.05) is 13.7 Å². The Kier molecular flexibility index (Phi) is 4.36. The van der Waals surface area contributed by atoms with Crippen molar-refractivity contribution in [3.05, 3.63) is 71.4 Å². The first-order chi connectivity index (χ1) is 15.0. The number of imide groups is 1. The van der Waals surface area contributed by atoms with Gasteiger partial charge in [0.2, 0.25) is 0 Å². The summed E-state index contributed by atoms with van der Waals surface area (Å²) >= 11 is 0. The second-order valence-electron chi connectivity index (χ2n) is 8.18. The molecule has 2 aromatic carbocycles. The van der Waals surface area contributed by atoms with Crippen LogP contribution in [0, 0.1) is 0 Å². The number of esters is 1. The standard InChI is InChI=1S/C24H23N3O4/c1-24-20-17(16-10-6-7-11-18(16)25-20)12-13-26(24)23(30)27(22(24)29)19(21(28)31-2)14-15-8-4-3-5-9-15/h3-11,19,25H,12-14H2,1-2H3/t19-,24+/m1/s1. The van der Waals surface area contributed by atoms with Crippen molar-refractivity contribution in [3.8, 4) is 0 Å². The van der Waals surface area contributed by atoms with Crippen molar-refractivity contribution in [1.29, 1.82) is 0 Å². The summed E-state index contributed by atoms with van der Waals surface area (Å²) in [5, 5.41) is 1.06. The number of carbonyl (C=O) groups excluding carboxylic acids is 3. The van der Waals surface area contributed by atoms with E-state index in [1.165, 1.54) is 7.11 Å². The predicted octanol–water partition coefficient (Wildman–Crippen LogP) is 2.99. The molecule has 3 heterocycles. The second-order valence-corrected chi connectivity index (χ2v) is 8.18.